The third-order valence-corrected chi connectivity index (χ3v) is 6.06. The lowest BCUT2D eigenvalue weighted by atomic mass is 10.1. The smallest absolute Gasteiger partial charge is 0.211 e. The van der Waals surface area contributed by atoms with Crippen LogP contribution in [0.1, 0.15) is 64.7 Å². The summed E-state index contributed by atoms with van der Waals surface area (Å²) in [6, 6.07) is 13.1. The number of rotatable bonds is 12. The number of nitrogens with one attached hydrogen (secondary N) is 1. The van der Waals surface area contributed by atoms with Crippen molar-refractivity contribution >= 4 is 20.8 Å². The lowest BCUT2D eigenvalue weighted by Crippen LogP contribution is -2.24. The molecule has 3 nitrogen and oxygen atoms in total. The summed E-state index contributed by atoms with van der Waals surface area (Å²) in [6.07, 6.45) is 11.1. The molecule has 0 aromatic heterocycles. The van der Waals surface area contributed by atoms with Crippen molar-refractivity contribution in [3.05, 3.63) is 42.5 Å². The van der Waals surface area contributed by atoms with Crippen LogP contribution in [0.2, 0.25) is 0 Å². The molecular formula is C21H31NO2S. The molecule has 1 N–H and O–H groups in total. The van der Waals surface area contributed by atoms with Crippen LogP contribution in [0.15, 0.2) is 47.4 Å². The van der Waals surface area contributed by atoms with E-state index in [4.69, 9.17) is 0 Å². The molecule has 2 aromatic rings. The zero-order valence-electron chi connectivity index (χ0n) is 15.3. The van der Waals surface area contributed by atoms with E-state index in [1.165, 1.54) is 44.9 Å². The van der Waals surface area contributed by atoms with Crippen LogP contribution in [0.25, 0.3) is 10.8 Å². The van der Waals surface area contributed by atoms with Crippen LogP contribution >= 0.6 is 0 Å². The molecule has 0 aliphatic carbocycles. The van der Waals surface area contributed by atoms with Gasteiger partial charge in [-0.15, -0.1) is 0 Å². The summed E-state index contributed by atoms with van der Waals surface area (Å²) in [5, 5.41) is 2.01. The summed E-state index contributed by atoms with van der Waals surface area (Å²) >= 11 is 0. The molecule has 0 bridgehead atoms. The zero-order chi connectivity index (χ0) is 18.0. The van der Waals surface area contributed by atoms with Crippen LogP contribution in [-0.4, -0.2) is 15.0 Å². The number of sulfonamides is 1. The van der Waals surface area contributed by atoms with E-state index in [1.54, 1.807) is 12.1 Å². The van der Waals surface area contributed by atoms with Crippen LogP contribution in [-0.2, 0) is 10.0 Å². The summed E-state index contributed by atoms with van der Waals surface area (Å²) < 4.78 is 27.5. The molecule has 0 radical (unpaired) electrons. The average molecular weight is 362 g/mol. The lowest BCUT2D eigenvalue weighted by Gasteiger charge is -2.08. The molecule has 0 aliphatic rings. The molecule has 2 rings (SSSR count). The normalized spacial score (nSPS) is 11.9. The van der Waals surface area contributed by atoms with Gasteiger partial charge in [0.25, 0.3) is 0 Å². The van der Waals surface area contributed by atoms with E-state index in [1.807, 2.05) is 30.3 Å². The van der Waals surface area contributed by atoms with Crippen LogP contribution in [0.4, 0.5) is 0 Å². The fourth-order valence-electron chi connectivity index (χ4n) is 3.06. The van der Waals surface area contributed by atoms with Gasteiger partial charge in [0.1, 0.15) is 0 Å². The Hall–Kier alpha value is -1.39. The highest BCUT2D eigenvalue weighted by Gasteiger charge is 2.13. The minimum Gasteiger partial charge on any atom is -0.211 e. The first-order valence-corrected chi connectivity index (χ1v) is 11.1. The standard InChI is InChI=1S/C21H31NO2S/c1-2-3-4-5-6-7-8-9-12-17-22-25(23,24)21-16-15-19-13-10-11-14-20(19)18-21/h10-11,13-16,18,22H,2-9,12,17H2,1H3. The number of unbranched alkanes of at least 4 members (excludes halogenated alkanes) is 8. The highest BCUT2D eigenvalue weighted by atomic mass is 32.2. The van der Waals surface area contributed by atoms with Gasteiger partial charge in [-0.3, -0.25) is 0 Å². The Morgan fingerprint density at radius 2 is 1.36 bits per heavy atom. The topological polar surface area (TPSA) is 46.2 Å². The molecule has 0 aliphatic heterocycles. The number of hydrogen-bond acceptors (Lipinski definition) is 2. The van der Waals surface area contributed by atoms with Crippen molar-refractivity contribution < 1.29 is 8.42 Å². The summed E-state index contributed by atoms with van der Waals surface area (Å²) in [6.45, 7) is 2.75. The second-order valence-corrected chi connectivity index (χ2v) is 8.50. The molecule has 0 saturated heterocycles. The van der Waals surface area contributed by atoms with Gasteiger partial charge >= 0.3 is 0 Å². The predicted molar refractivity (Wildman–Crippen MR) is 106 cm³/mol. The van der Waals surface area contributed by atoms with Crippen molar-refractivity contribution in [2.45, 2.75) is 69.6 Å². The van der Waals surface area contributed by atoms with Gasteiger partial charge in [-0.1, -0.05) is 88.6 Å². The Balaban J connectivity index is 1.69. The Labute approximate surface area is 152 Å². The third kappa shape index (κ3) is 6.79. The van der Waals surface area contributed by atoms with Gasteiger partial charge in [0.15, 0.2) is 0 Å². The molecule has 138 valence electrons. The van der Waals surface area contributed by atoms with Crippen molar-refractivity contribution in [2.24, 2.45) is 0 Å². The van der Waals surface area contributed by atoms with Gasteiger partial charge in [-0.25, -0.2) is 13.1 Å². The maximum absolute atomic E-state index is 12.4. The maximum Gasteiger partial charge on any atom is 0.240 e. The molecule has 0 atom stereocenters. The lowest BCUT2D eigenvalue weighted by molar-refractivity contribution is 0.554. The molecule has 4 heteroatoms. The first-order valence-electron chi connectivity index (χ1n) is 9.62. The van der Waals surface area contributed by atoms with Crippen molar-refractivity contribution in [1.82, 2.24) is 4.72 Å². The van der Waals surface area contributed by atoms with Gasteiger partial charge < -0.3 is 0 Å². The highest BCUT2D eigenvalue weighted by molar-refractivity contribution is 7.89. The van der Waals surface area contributed by atoms with E-state index in [-0.39, 0.29) is 0 Å². The van der Waals surface area contributed by atoms with Crippen LogP contribution in [0.3, 0.4) is 0 Å². The van der Waals surface area contributed by atoms with Gasteiger partial charge in [0.2, 0.25) is 10.0 Å². The van der Waals surface area contributed by atoms with E-state index in [0.29, 0.717) is 11.4 Å². The molecule has 0 fully saturated rings. The van der Waals surface area contributed by atoms with E-state index in [9.17, 15) is 8.42 Å². The van der Waals surface area contributed by atoms with E-state index in [0.717, 1.165) is 23.6 Å². The minimum atomic E-state index is -3.41. The average Bonchev–Trinajstić information content (AvgIpc) is 2.63. The van der Waals surface area contributed by atoms with Crippen LogP contribution in [0.5, 0.6) is 0 Å². The van der Waals surface area contributed by atoms with E-state index < -0.39 is 10.0 Å². The van der Waals surface area contributed by atoms with E-state index >= 15 is 0 Å². The summed E-state index contributed by atoms with van der Waals surface area (Å²) in [7, 11) is -3.41. The van der Waals surface area contributed by atoms with Gasteiger partial charge in [0.05, 0.1) is 4.90 Å². The Morgan fingerprint density at radius 3 is 2.04 bits per heavy atom. The van der Waals surface area contributed by atoms with Crippen molar-refractivity contribution in [3.63, 3.8) is 0 Å². The predicted octanol–water partition coefficient (Wildman–Crippen LogP) is 5.65. The Kier molecular flexibility index (Phi) is 8.42. The van der Waals surface area contributed by atoms with Gasteiger partial charge in [0, 0.05) is 6.54 Å². The summed E-state index contributed by atoms with van der Waals surface area (Å²) in [5.74, 6) is 0. The van der Waals surface area contributed by atoms with Crippen molar-refractivity contribution in [3.8, 4) is 0 Å². The molecule has 2 aromatic carbocycles. The quantitative estimate of drug-likeness (QED) is 0.497. The largest absolute Gasteiger partial charge is 0.240 e. The number of hydrogen-bond donors (Lipinski definition) is 1. The zero-order valence-corrected chi connectivity index (χ0v) is 16.2. The molecule has 0 amide bonds. The second kappa shape index (κ2) is 10.6. The monoisotopic (exact) mass is 361 g/mol. The molecule has 0 unspecified atom stereocenters. The fraction of sp³-hybridized carbons (Fsp3) is 0.524. The molecule has 25 heavy (non-hydrogen) atoms. The second-order valence-electron chi connectivity index (χ2n) is 6.74. The fourth-order valence-corrected chi connectivity index (χ4v) is 4.17. The Bertz CT molecular complexity index is 740. The van der Waals surface area contributed by atoms with Crippen LogP contribution < -0.4 is 4.72 Å². The van der Waals surface area contributed by atoms with Crippen molar-refractivity contribution in [2.75, 3.05) is 6.54 Å². The number of fused-ring (bicyclic) bond motifs is 1. The maximum atomic E-state index is 12.4. The first-order chi connectivity index (χ1) is 12.1. The summed E-state index contributed by atoms with van der Waals surface area (Å²) in [5.41, 5.74) is 0. The van der Waals surface area contributed by atoms with E-state index in [2.05, 4.69) is 11.6 Å². The SMILES string of the molecule is CCCCCCCCCCCNS(=O)(=O)c1ccc2ccccc2c1. The highest BCUT2D eigenvalue weighted by Crippen LogP contribution is 2.19. The van der Waals surface area contributed by atoms with Crippen molar-refractivity contribution in [1.29, 1.82) is 0 Å². The molecule has 0 spiro atoms. The molecular weight excluding hydrogens is 330 g/mol. The minimum absolute atomic E-state index is 0.349. The summed E-state index contributed by atoms with van der Waals surface area (Å²) in [4.78, 5) is 0.349. The first kappa shape index (κ1) is 19.9. The van der Waals surface area contributed by atoms with Gasteiger partial charge in [-0.2, -0.15) is 0 Å². The Morgan fingerprint density at radius 1 is 0.760 bits per heavy atom. The molecule has 0 heterocycles. The molecule has 0 saturated carbocycles. The number of benzene rings is 2. The van der Waals surface area contributed by atoms with Gasteiger partial charge in [-0.05, 0) is 29.3 Å². The van der Waals surface area contributed by atoms with Crippen LogP contribution in [0, 0.1) is 0 Å². The third-order valence-electron chi connectivity index (χ3n) is 4.60.